The van der Waals surface area contributed by atoms with Crippen molar-refractivity contribution in [2.24, 2.45) is 0 Å². The number of rotatable bonds is 4. The minimum absolute atomic E-state index is 0.223. The zero-order chi connectivity index (χ0) is 14.1. The molecule has 1 aliphatic rings. The quantitative estimate of drug-likeness (QED) is 0.829. The second-order valence-electron chi connectivity index (χ2n) is 5.52. The lowest BCUT2D eigenvalue weighted by atomic mass is 9.88. The van der Waals surface area contributed by atoms with Crippen LogP contribution < -0.4 is 0 Å². The van der Waals surface area contributed by atoms with E-state index in [-0.39, 0.29) is 11.8 Å². The summed E-state index contributed by atoms with van der Waals surface area (Å²) in [6.45, 7) is 2.83. The first-order valence-electron chi connectivity index (χ1n) is 7.45. The number of hydrogen-bond donors (Lipinski definition) is 2. The molecule has 1 aromatic heterocycles. The van der Waals surface area contributed by atoms with Crippen molar-refractivity contribution in [1.82, 2.24) is 4.57 Å². The van der Waals surface area contributed by atoms with Crippen LogP contribution >= 0.6 is 0 Å². The molecule has 1 aliphatic carbocycles. The van der Waals surface area contributed by atoms with E-state index in [0.717, 1.165) is 48.8 Å². The van der Waals surface area contributed by atoms with E-state index in [4.69, 9.17) is 0 Å². The fourth-order valence-electron chi connectivity index (χ4n) is 3.14. The molecule has 2 aromatic rings. The summed E-state index contributed by atoms with van der Waals surface area (Å²) in [7, 11) is 0. The van der Waals surface area contributed by atoms with E-state index in [1.165, 1.54) is 5.56 Å². The van der Waals surface area contributed by atoms with Crippen LogP contribution in [-0.2, 0) is 19.4 Å². The molecule has 3 heteroatoms. The van der Waals surface area contributed by atoms with Crippen molar-refractivity contribution in [3.8, 4) is 22.9 Å². The number of unbranched alkanes of at least 4 members (excludes halogenated alkanes) is 2. The molecule has 0 fully saturated rings. The largest absolute Gasteiger partial charge is 0.494 e. The SMILES string of the molecule is CCCCCn1c(O)c2c(c1O)-c1ccccc1CC2. The van der Waals surface area contributed by atoms with Crippen LogP contribution in [0.25, 0.3) is 11.1 Å². The summed E-state index contributed by atoms with van der Waals surface area (Å²) < 4.78 is 1.67. The van der Waals surface area contributed by atoms with E-state index in [1.807, 2.05) is 18.2 Å². The Morgan fingerprint density at radius 2 is 1.85 bits per heavy atom. The third-order valence-corrected chi connectivity index (χ3v) is 4.22. The average molecular weight is 271 g/mol. The van der Waals surface area contributed by atoms with Gasteiger partial charge in [-0.25, -0.2) is 0 Å². The fourth-order valence-corrected chi connectivity index (χ4v) is 3.14. The highest BCUT2D eigenvalue weighted by Gasteiger charge is 2.27. The lowest BCUT2D eigenvalue weighted by Crippen LogP contribution is -2.01. The van der Waals surface area contributed by atoms with Crippen molar-refractivity contribution in [1.29, 1.82) is 0 Å². The summed E-state index contributed by atoms with van der Waals surface area (Å²) in [6, 6.07) is 8.14. The summed E-state index contributed by atoms with van der Waals surface area (Å²) in [5, 5.41) is 20.9. The zero-order valence-electron chi connectivity index (χ0n) is 11.9. The van der Waals surface area contributed by atoms with Crippen LogP contribution in [0.15, 0.2) is 24.3 Å². The molecule has 0 saturated heterocycles. The molecule has 0 bridgehead atoms. The molecule has 3 rings (SSSR count). The smallest absolute Gasteiger partial charge is 0.202 e. The van der Waals surface area contributed by atoms with E-state index in [2.05, 4.69) is 13.0 Å². The molecule has 0 amide bonds. The van der Waals surface area contributed by atoms with E-state index in [0.29, 0.717) is 6.54 Å². The summed E-state index contributed by atoms with van der Waals surface area (Å²) >= 11 is 0. The van der Waals surface area contributed by atoms with Crippen LogP contribution in [0.5, 0.6) is 11.8 Å². The maximum Gasteiger partial charge on any atom is 0.202 e. The van der Waals surface area contributed by atoms with E-state index >= 15 is 0 Å². The van der Waals surface area contributed by atoms with Crippen molar-refractivity contribution in [3.63, 3.8) is 0 Å². The van der Waals surface area contributed by atoms with Gasteiger partial charge < -0.3 is 10.2 Å². The van der Waals surface area contributed by atoms with Gasteiger partial charge in [0.2, 0.25) is 5.88 Å². The second-order valence-corrected chi connectivity index (χ2v) is 5.52. The molecule has 0 aliphatic heterocycles. The molecule has 106 valence electrons. The molecule has 0 unspecified atom stereocenters. The van der Waals surface area contributed by atoms with Gasteiger partial charge in [-0.05, 0) is 30.4 Å². The molecule has 0 spiro atoms. The predicted octanol–water partition coefficient (Wildman–Crippen LogP) is 3.86. The standard InChI is InChI=1S/C17H21NO2/c1-2-3-6-11-18-16(19)14-10-9-12-7-4-5-8-13(12)15(14)17(18)20/h4-5,7-8,19-20H,2-3,6,9-11H2,1H3. The van der Waals surface area contributed by atoms with Crippen molar-refractivity contribution in [2.75, 3.05) is 0 Å². The number of benzene rings is 1. The summed E-state index contributed by atoms with van der Waals surface area (Å²) in [5.41, 5.74) is 4.05. The molecule has 0 saturated carbocycles. The molecule has 1 heterocycles. The van der Waals surface area contributed by atoms with E-state index < -0.39 is 0 Å². The lowest BCUT2D eigenvalue weighted by Gasteiger charge is -2.15. The number of fused-ring (bicyclic) bond motifs is 3. The fraction of sp³-hybridized carbons (Fsp3) is 0.412. The highest BCUT2D eigenvalue weighted by atomic mass is 16.3. The average Bonchev–Trinajstić information content (AvgIpc) is 2.72. The van der Waals surface area contributed by atoms with Crippen LogP contribution in [0, 0.1) is 0 Å². The van der Waals surface area contributed by atoms with Crippen LogP contribution in [0.4, 0.5) is 0 Å². The summed E-state index contributed by atoms with van der Waals surface area (Å²) in [6.07, 6.45) is 4.94. The van der Waals surface area contributed by atoms with Crippen molar-refractivity contribution >= 4 is 0 Å². The number of hydrogen-bond acceptors (Lipinski definition) is 2. The predicted molar refractivity (Wildman–Crippen MR) is 80.1 cm³/mol. The van der Waals surface area contributed by atoms with Gasteiger partial charge in [0.25, 0.3) is 0 Å². The molecular weight excluding hydrogens is 250 g/mol. The Morgan fingerprint density at radius 3 is 2.65 bits per heavy atom. The van der Waals surface area contributed by atoms with Gasteiger partial charge in [0.15, 0.2) is 5.88 Å². The molecular formula is C17H21NO2. The topological polar surface area (TPSA) is 45.4 Å². The molecule has 2 N–H and O–H groups in total. The Hall–Kier alpha value is -1.90. The Kier molecular flexibility index (Phi) is 3.43. The first-order valence-corrected chi connectivity index (χ1v) is 7.45. The van der Waals surface area contributed by atoms with Gasteiger partial charge in [-0.1, -0.05) is 44.0 Å². The minimum Gasteiger partial charge on any atom is -0.494 e. The summed E-state index contributed by atoms with van der Waals surface area (Å²) in [5.74, 6) is 0.476. The lowest BCUT2D eigenvalue weighted by molar-refractivity contribution is 0.361. The number of aryl methyl sites for hydroxylation is 1. The molecule has 20 heavy (non-hydrogen) atoms. The third kappa shape index (κ3) is 1.98. The highest BCUT2D eigenvalue weighted by molar-refractivity contribution is 5.80. The van der Waals surface area contributed by atoms with Crippen molar-refractivity contribution in [2.45, 2.75) is 45.6 Å². The zero-order valence-corrected chi connectivity index (χ0v) is 11.9. The molecule has 3 nitrogen and oxygen atoms in total. The van der Waals surface area contributed by atoms with Gasteiger partial charge in [-0.15, -0.1) is 0 Å². The third-order valence-electron chi connectivity index (χ3n) is 4.22. The number of nitrogens with zero attached hydrogens (tertiary/aromatic N) is 1. The van der Waals surface area contributed by atoms with E-state index in [9.17, 15) is 10.2 Å². The van der Waals surface area contributed by atoms with E-state index in [1.54, 1.807) is 4.57 Å². The van der Waals surface area contributed by atoms with Gasteiger partial charge in [-0.2, -0.15) is 0 Å². The van der Waals surface area contributed by atoms with Crippen molar-refractivity contribution < 1.29 is 10.2 Å². The Morgan fingerprint density at radius 1 is 1.05 bits per heavy atom. The van der Waals surface area contributed by atoms with Gasteiger partial charge >= 0.3 is 0 Å². The minimum atomic E-state index is 0.223. The van der Waals surface area contributed by atoms with Crippen LogP contribution in [0.3, 0.4) is 0 Å². The first kappa shape index (κ1) is 13.1. The van der Waals surface area contributed by atoms with Crippen LogP contribution in [-0.4, -0.2) is 14.8 Å². The molecule has 0 radical (unpaired) electrons. The van der Waals surface area contributed by atoms with Gasteiger partial charge in [0.05, 0.1) is 5.56 Å². The molecule has 0 atom stereocenters. The number of aromatic nitrogens is 1. The van der Waals surface area contributed by atoms with Crippen molar-refractivity contribution in [3.05, 3.63) is 35.4 Å². The Bertz CT molecular complexity index is 628. The molecule has 1 aromatic carbocycles. The highest BCUT2D eigenvalue weighted by Crippen LogP contribution is 2.46. The van der Waals surface area contributed by atoms with Crippen LogP contribution in [0.1, 0.15) is 37.3 Å². The summed E-state index contributed by atoms with van der Waals surface area (Å²) in [4.78, 5) is 0. The first-order chi connectivity index (χ1) is 9.74. The normalized spacial score (nSPS) is 13.1. The van der Waals surface area contributed by atoms with Gasteiger partial charge in [0, 0.05) is 12.1 Å². The van der Waals surface area contributed by atoms with Crippen LogP contribution in [0.2, 0.25) is 0 Å². The Labute approximate surface area is 119 Å². The number of aromatic hydroxyl groups is 2. The monoisotopic (exact) mass is 271 g/mol. The Balaban J connectivity index is 2.05. The maximum absolute atomic E-state index is 10.5. The van der Waals surface area contributed by atoms with Gasteiger partial charge in [0.1, 0.15) is 0 Å². The second kappa shape index (κ2) is 5.23. The van der Waals surface area contributed by atoms with Gasteiger partial charge in [-0.3, -0.25) is 4.57 Å². The maximum atomic E-state index is 10.5.